The van der Waals surface area contributed by atoms with Gasteiger partial charge in [-0.15, -0.1) is 0 Å². The van der Waals surface area contributed by atoms with Crippen molar-refractivity contribution in [2.45, 2.75) is 53.4 Å². The van der Waals surface area contributed by atoms with Crippen LogP contribution in [0, 0.1) is 34.5 Å². The third-order valence-corrected chi connectivity index (χ3v) is 6.48. The van der Waals surface area contributed by atoms with Gasteiger partial charge in [-0.25, -0.2) is 0 Å². The van der Waals surface area contributed by atoms with Crippen molar-refractivity contribution in [1.82, 2.24) is 0 Å². The molecule has 0 amide bonds. The minimum Gasteiger partial charge on any atom is -0.299 e. The van der Waals surface area contributed by atoms with Crippen molar-refractivity contribution < 1.29 is 4.79 Å². The number of carbonyl (C=O) groups is 1. The van der Waals surface area contributed by atoms with Gasteiger partial charge in [0.15, 0.2) is 0 Å². The first-order chi connectivity index (χ1) is 7.38. The largest absolute Gasteiger partial charge is 0.299 e. The van der Waals surface area contributed by atoms with Crippen LogP contribution >= 0.6 is 0 Å². The fourth-order valence-electron chi connectivity index (χ4n) is 5.45. The van der Waals surface area contributed by atoms with Gasteiger partial charge >= 0.3 is 0 Å². The summed E-state index contributed by atoms with van der Waals surface area (Å²) in [6, 6.07) is 0. The van der Waals surface area contributed by atoms with E-state index in [2.05, 4.69) is 27.7 Å². The first-order valence-corrected chi connectivity index (χ1v) is 6.91. The summed E-state index contributed by atoms with van der Waals surface area (Å²) in [6.07, 6.45) is 4.92. The van der Waals surface area contributed by atoms with E-state index in [4.69, 9.17) is 0 Å². The first-order valence-electron chi connectivity index (χ1n) is 6.91. The number of carbonyl (C=O) groups excluding carboxylic acids is 1. The maximum Gasteiger partial charge on any atom is 0.136 e. The summed E-state index contributed by atoms with van der Waals surface area (Å²) < 4.78 is 0. The Balaban J connectivity index is 2.11. The van der Waals surface area contributed by atoms with Crippen molar-refractivity contribution in [2.75, 3.05) is 0 Å². The van der Waals surface area contributed by atoms with E-state index in [-0.39, 0.29) is 0 Å². The molecule has 3 fully saturated rings. The molecule has 0 heterocycles. The normalized spacial score (nSPS) is 54.1. The van der Waals surface area contributed by atoms with Crippen molar-refractivity contribution in [3.8, 4) is 0 Å². The second-order valence-electron chi connectivity index (χ2n) is 7.47. The molecule has 0 aromatic heterocycles. The second kappa shape index (κ2) is 2.91. The van der Waals surface area contributed by atoms with Crippen LogP contribution in [0.15, 0.2) is 0 Å². The van der Waals surface area contributed by atoms with Crippen LogP contribution in [0.25, 0.3) is 0 Å². The van der Waals surface area contributed by atoms with Gasteiger partial charge in [-0.1, -0.05) is 34.1 Å². The summed E-state index contributed by atoms with van der Waals surface area (Å²) in [5, 5.41) is 0. The van der Waals surface area contributed by atoms with Crippen LogP contribution in [0.1, 0.15) is 53.4 Å². The van der Waals surface area contributed by atoms with Gasteiger partial charge < -0.3 is 0 Å². The Morgan fingerprint density at radius 3 is 2.56 bits per heavy atom. The highest BCUT2D eigenvalue weighted by molar-refractivity contribution is 5.86. The molecule has 3 saturated carbocycles. The fourth-order valence-corrected chi connectivity index (χ4v) is 5.45. The van der Waals surface area contributed by atoms with Crippen LogP contribution in [0.3, 0.4) is 0 Å². The molecule has 0 aromatic carbocycles. The van der Waals surface area contributed by atoms with Gasteiger partial charge in [0, 0.05) is 12.3 Å². The molecule has 1 heteroatoms. The Labute approximate surface area is 99.0 Å². The van der Waals surface area contributed by atoms with Gasteiger partial charge in [-0.3, -0.25) is 4.79 Å². The average molecular weight is 220 g/mol. The van der Waals surface area contributed by atoms with Gasteiger partial charge in [-0.05, 0) is 41.4 Å². The summed E-state index contributed by atoms with van der Waals surface area (Å²) in [4.78, 5) is 12.1. The van der Waals surface area contributed by atoms with Crippen LogP contribution in [0.5, 0.6) is 0 Å². The van der Waals surface area contributed by atoms with Gasteiger partial charge in [0.1, 0.15) is 5.78 Å². The summed E-state index contributed by atoms with van der Waals surface area (Å²) >= 11 is 0. The number of rotatable bonds is 0. The lowest BCUT2D eigenvalue weighted by atomic mass is 9.65. The van der Waals surface area contributed by atoms with Crippen LogP contribution in [0.4, 0.5) is 0 Å². The maximum atomic E-state index is 12.1. The molecule has 0 saturated heterocycles. The van der Waals surface area contributed by atoms with Crippen LogP contribution in [-0.4, -0.2) is 5.78 Å². The lowest BCUT2D eigenvalue weighted by Gasteiger charge is -2.39. The van der Waals surface area contributed by atoms with Crippen LogP contribution < -0.4 is 0 Å². The zero-order valence-electron chi connectivity index (χ0n) is 11.0. The Morgan fingerprint density at radius 2 is 1.88 bits per heavy atom. The SMILES string of the molecule is C[C@H]1[C@H]2C(=O)C[C@@H]3[C@H]2C(C)(C)CCC[C@@]31C. The highest BCUT2D eigenvalue weighted by Gasteiger charge is 2.66. The quantitative estimate of drug-likeness (QED) is 0.608. The zero-order valence-corrected chi connectivity index (χ0v) is 11.0. The number of ketones is 1. The molecule has 0 spiro atoms. The predicted octanol–water partition coefficient (Wildman–Crippen LogP) is 3.67. The zero-order chi connectivity index (χ0) is 11.7. The third kappa shape index (κ3) is 1.05. The van der Waals surface area contributed by atoms with E-state index in [1.54, 1.807) is 0 Å². The molecule has 0 aliphatic heterocycles. The van der Waals surface area contributed by atoms with Crippen molar-refractivity contribution in [1.29, 1.82) is 0 Å². The molecule has 0 N–H and O–H groups in total. The van der Waals surface area contributed by atoms with E-state index in [1.807, 2.05) is 0 Å². The minimum absolute atomic E-state index is 0.393. The van der Waals surface area contributed by atoms with Crippen molar-refractivity contribution in [2.24, 2.45) is 34.5 Å². The Hall–Kier alpha value is -0.330. The first kappa shape index (κ1) is 10.8. The molecule has 1 nitrogen and oxygen atoms in total. The van der Waals surface area contributed by atoms with E-state index in [1.165, 1.54) is 19.3 Å². The maximum absolute atomic E-state index is 12.1. The highest BCUT2D eigenvalue weighted by Crippen LogP contribution is 2.69. The number of hydrogen-bond acceptors (Lipinski definition) is 1. The summed E-state index contributed by atoms with van der Waals surface area (Å²) in [5.74, 6) is 2.98. The molecule has 3 rings (SSSR count). The molecule has 3 aliphatic carbocycles. The molecule has 90 valence electrons. The van der Waals surface area contributed by atoms with Gasteiger partial charge in [0.25, 0.3) is 0 Å². The molecule has 16 heavy (non-hydrogen) atoms. The Kier molecular flexibility index (Phi) is 1.97. The topological polar surface area (TPSA) is 17.1 Å². The van der Waals surface area contributed by atoms with Gasteiger partial charge in [0.2, 0.25) is 0 Å². The van der Waals surface area contributed by atoms with Crippen molar-refractivity contribution in [3.63, 3.8) is 0 Å². The van der Waals surface area contributed by atoms with Crippen LogP contribution in [0.2, 0.25) is 0 Å². The standard InChI is InChI=1S/C15H24O/c1-9-12-11(16)8-10-13(12)14(2,3)6-5-7-15(9,10)4/h9-10,12-13H,5-8H2,1-4H3/t9-,10+,12-,13+,15+/m0/s1. The smallest absolute Gasteiger partial charge is 0.136 e. The van der Waals surface area contributed by atoms with E-state index in [0.717, 1.165) is 6.42 Å². The molecule has 0 unspecified atom stereocenters. The van der Waals surface area contributed by atoms with E-state index in [9.17, 15) is 4.79 Å². The number of Topliss-reactive ketones (excluding diaryl/α,β-unsaturated/α-hetero) is 1. The van der Waals surface area contributed by atoms with Gasteiger partial charge in [-0.2, -0.15) is 0 Å². The second-order valence-corrected chi connectivity index (χ2v) is 7.47. The Bertz CT molecular complexity index is 343. The Morgan fingerprint density at radius 1 is 1.19 bits per heavy atom. The molecule has 3 aliphatic rings. The third-order valence-electron chi connectivity index (χ3n) is 6.48. The predicted molar refractivity (Wildman–Crippen MR) is 65.0 cm³/mol. The fraction of sp³-hybridized carbons (Fsp3) is 0.933. The van der Waals surface area contributed by atoms with E-state index in [0.29, 0.717) is 40.3 Å². The summed E-state index contributed by atoms with van der Waals surface area (Å²) in [6.45, 7) is 9.61. The molecule has 0 radical (unpaired) electrons. The van der Waals surface area contributed by atoms with E-state index < -0.39 is 0 Å². The molecule has 0 aromatic rings. The summed E-state index contributed by atoms with van der Waals surface area (Å²) in [5.41, 5.74) is 0.862. The average Bonchev–Trinajstić information content (AvgIpc) is 2.58. The highest BCUT2D eigenvalue weighted by atomic mass is 16.1. The lowest BCUT2D eigenvalue weighted by Crippen LogP contribution is -2.36. The molecule has 4 bridgehead atoms. The monoisotopic (exact) mass is 220 g/mol. The molecular weight excluding hydrogens is 196 g/mol. The number of hydrogen-bond donors (Lipinski definition) is 0. The minimum atomic E-state index is 0.393. The summed E-state index contributed by atoms with van der Waals surface area (Å²) in [7, 11) is 0. The van der Waals surface area contributed by atoms with Crippen molar-refractivity contribution >= 4 is 5.78 Å². The van der Waals surface area contributed by atoms with E-state index >= 15 is 0 Å². The molecule has 5 atom stereocenters. The van der Waals surface area contributed by atoms with Crippen molar-refractivity contribution in [3.05, 3.63) is 0 Å². The van der Waals surface area contributed by atoms with Crippen LogP contribution in [-0.2, 0) is 4.79 Å². The molecular formula is C15H24O. The van der Waals surface area contributed by atoms with Gasteiger partial charge in [0.05, 0.1) is 0 Å². The lowest BCUT2D eigenvalue weighted by molar-refractivity contribution is -0.127.